The number of nitrogens with one attached hydrogen (secondary N) is 1. The highest BCUT2D eigenvalue weighted by atomic mass is 16.4. The van der Waals surface area contributed by atoms with Gasteiger partial charge in [0.25, 0.3) is 5.91 Å². The molecule has 5 heteroatoms. The third kappa shape index (κ3) is 3.53. The first kappa shape index (κ1) is 16.8. The van der Waals surface area contributed by atoms with Crippen LogP contribution in [0.1, 0.15) is 21.5 Å². The van der Waals surface area contributed by atoms with Gasteiger partial charge in [0.15, 0.2) is 5.58 Å². The van der Waals surface area contributed by atoms with E-state index >= 15 is 0 Å². The lowest BCUT2D eigenvalue weighted by molar-refractivity contribution is 0.102. The van der Waals surface area contributed by atoms with Crippen molar-refractivity contribution in [1.29, 1.82) is 0 Å². The number of carbonyl (C=O) groups is 1. The van der Waals surface area contributed by atoms with Crippen LogP contribution < -0.4 is 11.1 Å². The molecule has 0 bridgehead atoms. The fourth-order valence-electron chi connectivity index (χ4n) is 3.05. The maximum absolute atomic E-state index is 12.6. The third-order valence-corrected chi connectivity index (χ3v) is 4.39. The number of carbonyl (C=O) groups excluding carboxylic acids is 1. The second-order valence-corrected chi connectivity index (χ2v) is 6.45. The molecule has 1 amide bonds. The molecule has 0 saturated carbocycles. The zero-order valence-electron chi connectivity index (χ0n) is 14.8. The quantitative estimate of drug-likeness (QED) is 0.594. The highest BCUT2D eigenvalue weighted by Crippen LogP contribution is 2.18. The Balaban J connectivity index is 1.68. The summed E-state index contributed by atoms with van der Waals surface area (Å²) in [6.07, 6.45) is 0. The number of hydrogen-bond acceptors (Lipinski definition) is 3. The van der Waals surface area contributed by atoms with E-state index in [9.17, 15) is 9.59 Å². The number of rotatable bonds is 4. The van der Waals surface area contributed by atoms with Gasteiger partial charge >= 0.3 is 5.76 Å². The van der Waals surface area contributed by atoms with Crippen LogP contribution in [0.15, 0.2) is 82.0 Å². The minimum atomic E-state index is -0.440. The van der Waals surface area contributed by atoms with Crippen LogP contribution in [0.25, 0.3) is 11.1 Å². The normalized spacial score (nSPS) is 10.9. The van der Waals surface area contributed by atoms with Gasteiger partial charge in [0.2, 0.25) is 0 Å². The van der Waals surface area contributed by atoms with Crippen LogP contribution in [0.2, 0.25) is 0 Å². The Bertz CT molecular complexity index is 1170. The Kier molecular flexibility index (Phi) is 4.34. The molecule has 0 aliphatic carbocycles. The Morgan fingerprint density at radius 3 is 2.59 bits per heavy atom. The van der Waals surface area contributed by atoms with Crippen molar-refractivity contribution in [3.05, 3.63) is 100 Å². The number of oxazole rings is 1. The molecule has 0 spiro atoms. The van der Waals surface area contributed by atoms with Crippen LogP contribution in [0, 0.1) is 6.92 Å². The largest absolute Gasteiger partial charge is 0.420 e. The number of aromatic nitrogens is 1. The van der Waals surface area contributed by atoms with E-state index in [1.807, 2.05) is 61.5 Å². The van der Waals surface area contributed by atoms with Gasteiger partial charge in [-0.05, 0) is 48.4 Å². The van der Waals surface area contributed by atoms with Gasteiger partial charge in [0, 0.05) is 11.3 Å². The summed E-state index contributed by atoms with van der Waals surface area (Å²) in [6, 6.07) is 22.3. The van der Waals surface area contributed by atoms with E-state index in [1.54, 1.807) is 18.2 Å². The predicted molar refractivity (Wildman–Crippen MR) is 105 cm³/mol. The maximum Gasteiger partial charge on any atom is 0.420 e. The monoisotopic (exact) mass is 358 g/mol. The summed E-state index contributed by atoms with van der Waals surface area (Å²) in [4.78, 5) is 24.9. The summed E-state index contributed by atoms with van der Waals surface area (Å²) in [7, 11) is 0. The number of anilines is 1. The fraction of sp³-hybridized carbons (Fsp3) is 0.0909. The van der Waals surface area contributed by atoms with E-state index in [2.05, 4.69) is 5.32 Å². The first-order valence-corrected chi connectivity index (χ1v) is 8.65. The highest BCUT2D eigenvalue weighted by molar-refractivity contribution is 6.05. The molecule has 4 aromatic rings. The fourth-order valence-corrected chi connectivity index (χ4v) is 3.05. The number of nitrogens with zero attached hydrogens (tertiary/aromatic N) is 1. The lowest BCUT2D eigenvalue weighted by Gasteiger charge is -2.07. The van der Waals surface area contributed by atoms with Gasteiger partial charge in [-0.1, -0.05) is 42.5 Å². The van der Waals surface area contributed by atoms with Crippen LogP contribution in [0.3, 0.4) is 0 Å². The Hall–Kier alpha value is -3.60. The van der Waals surface area contributed by atoms with E-state index in [0.29, 0.717) is 23.2 Å². The molecule has 1 N–H and O–H groups in total. The van der Waals surface area contributed by atoms with Gasteiger partial charge in [-0.2, -0.15) is 0 Å². The van der Waals surface area contributed by atoms with Crippen molar-refractivity contribution in [3.63, 3.8) is 0 Å². The molecular formula is C22H18N2O3. The minimum Gasteiger partial charge on any atom is -0.408 e. The summed E-state index contributed by atoms with van der Waals surface area (Å²) in [5.74, 6) is -0.674. The summed E-state index contributed by atoms with van der Waals surface area (Å²) in [5.41, 5.74) is 4.30. The van der Waals surface area contributed by atoms with Crippen molar-refractivity contribution in [2.45, 2.75) is 13.5 Å². The van der Waals surface area contributed by atoms with Crippen molar-refractivity contribution in [3.8, 4) is 0 Å². The standard InChI is InChI=1S/C22H18N2O3/c1-15-6-5-9-18(12-15)23-21(25)17-10-11-20-19(13-17)24(22(26)27-20)14-16-7-3-2-4-8-16/h2-13H,14H2,1H3,(H,23,25). The van der Waals surface area contributed by atoms with Gasteiger partial charge in [-0.15, -0.1) is 0 Å². The van der Waals surface area contributed by atoms with Crippen LogP contribution in [-0.2, 0) is 6.54 Å². The molecule has 27 heavy (non-hydrogen) atoms. The number of hydrogen-bond donors (Lipinski definition) is 1. The Morgan fingerprint density at radius 1 is 1.00 bits per heavy atom. The number of aryl methyl sites for hydroxylation is 1. The second kappa shape index (κ2) is 6.96. The molecule has 0 atom stereocenters. The average molecular weight is 358 g/mol. The number of amides is 1. The topological polar surface area (TPSA) is 64.2 Å². The van der Waals surface area contributed by atoms with Crippen LogP contribution in [-0.4, -0.2) is 10.5 Å². The molecule has 0 fully saturated rings. The summed E-state index contributed by atoms with van der Waals surface area (Å²) in [6.45, 7) is 2.35. The molecule has 5 nitrogen and oxygen atoms in total. The predicted octanol–water partition coefficient (Wildman–Crippen LogP) is 4.20. The van der Waals surface area contributed by atoms with E-state index in [1.165, 1.54) is 4.57 Å². The molecule has 0 aliphatic rings. The molecule has 1 aromatic heterocycles. The van der Waals surface area contributed by atoms with E-state index < -0.39 is 5.76 Å². The molecule has 3 aromatic carbocycles. The molecule has 134 valence electrons. The molecule has 1 heterocycles. The van der Waals surface area contributed by atoms with Crippen molar-refractivity contribution < 1.29 is 9.21 Å². The SMILES string of the molecule is Cc1cccc(NC(=O)c2ccc3oc(=O)n(Cc4ccccc4)c3c2)c1. The van der Waals surface area contributed by atoms with Crippen molar-refractivity contribution in [2.24, 2.45) is 0 Å². The average Bonchev–Trinajstić information content (AvgIpc) is 2.97. The van der Waals surface area contributed by atoms with E-state index in [-0.39, 0.29) is 5.91 Å². The number of benzene rings is 3. The van der Waals surface area contributed by atoms with Gasteiger partial charge in [0.05, 0.1) is 12.1 Å². The van der Waals surface area contributed by atoms with Crippen molar-refractivity contribution in [1.82, 2.24) is 4.57 Å². The second-order valence-electron chi connectivity index (χ2n) is 6.45. The van der Waals surface area contributed by atoms with E-state index in [0.717, 1.165) is 16.8 Å². The zero-order valence-corrected chi connectivity index (χ0v) is 14.8. The molecule has 0 radical (unpaired) electrons. The van der Waals surface area contributed by atoms with Crippen molar-refractivity contribution >= 4 is 22.7 Å². The van der Waals surface area contributed by atoms with Crippen LogP contribution in [0.5, 0.6) is 0 Å². The minimum absolute atomic E-state index is 0.234. The Labute approximate surface area is 155 Å². The number of fused-ring (bicyclic) bond motifs is 1. The van der Waals surface area contributed by atoms with Gasteiger partial charge < -0.3 is 9.73 Å². The summed E-state index contributed by atoms with van der Waals surface area (Å²) < 4.78 is 6.85. The summed E-state index contributed by atoms with van der Waals surface area (Å²) in [5, 5.41) is 2.88. The smallest absolute Gasteiger partial charge is 0.408 e. The lowest BCUT2D eigenvalue weighted by atomic mass is 10.1. The zero-order chi connectivity index (χ0) is 18.8. The molecule has 0 aliphatic heterocycles. The third-order valence-electron chi connectivity index (χ3n) is 4.39. The first-order chi connectivity index (χ1) is 13.1. The first-order valence-electron chi connectivity index (χ1n) is 8.65. The molecule has 4 rings (SSSR count). The van der Waals surface area contributed by atoms with Gasteiger partial charge in [-0.3, -0.25) is 9.36 Å². The van der Waals surface area contributed by atoms with Crippen molar-refractivity contribution in [2.75, 3.05) is 5.32 Å². The van der Waals surface area contributed by atoms with Gasteiger partial charge in [-0.25, -0.2) is 4.79 Å². The van der Waals surface area contributed by atoms with E-state index in [4.69, 9.17) is 4.42 Å². The van der Waals surface area contributed by atoms with Crippen LogP contribution >= 0.6 is 0 Å². The molecule has 0 unspecified atom stereocenters. The highest BCUT2D eigenvalue weighted by Gasteiger charge is 2.13. The summed E-state index contributed by atoms with van der Waals surface area (Å²) >= 11 is 0. The van der Waals surface area contributed by atoms with Gasteiger partial charge in [0.1, 0.15) is 0 Å². The Morgan fingerprint density at radius 2 is 1.81 bits per heavy atom. The maximum atomic E-state index is 12.6. The van der Waals surface area contributed by atoms with Crippen LogP contribution in [0.4, 0.5) is 5.69 Å². The molecular weight excluding hydrogens is 340 g/mol. The molecule has 0 saturated heterocycles. The lowest BCUT2D eigenvalue weighted by Crippen LogP contribution is -2.15.